The molecule has 0 bridgehead atoms. The smallest absolute Gasteiger partial charge is 0.325 e. The van der Waals surface area contributed by atoms with Crippen molar-refractivity contribution >= 4 is 23.5 Å². The van der Waals surface area contributed by atoms with Crippen molar-refractivity contribution in [2.45, 2.75) is 13.0 Å². The fourth-order valence-electron chi connectivity index (χ4n) is 2.44. The van der Waals surface area contributed by atoms with Crippen LogP contribution in [0, 0.1) is 11.6 Å². The third-order valence-corrected chi connectivity index (χ3v) is 3.80. The van der Waals surface area contributed by atoms with Crippen molar-refractivity contribution in [3.8, 4) is 5.75 Å². The van der Waals surface area contributed by atoms with Crippen LogP contribution >= 0.6 is 0 Å². The summed E-state index contributed by atoms with van der Waals surface area (Å²) in [5.41, 5.74) is 0.454. The summed E-state index contributed by atoms with van der Waals surface area (Å²) >= 11 is 0. The second-order valence-electron chi connectivity index (χ2n) is 6.02. The van der Waals surface area contributed by atoms with Gasteiger partial charge in [-0.25, -0.2) is 8.78 Å². The average Bonchev–Trinajstić information content (AvgIpc) is 2.69. The van der Waals surface area contributed by atoms with E-state index in [0.29, 0.717) is 11.8 Å². The maximum absolute atomic E-state index is 13.1. The molecule has 0 fully saturated rings. The first-order valence-corrected chi connectivity index (χ1v) is 8.61. The molecule has 0 aromatic heterocycles. The second kappa shape index (κ2) is 10.2. The van der Waals surface area contributed by atoms with Gasteiger partial charge in [-0.1, -0.05) is 18.2 Å². The van der Waals surface area contributed by atoms with Gasteiger partial charge in [-0.3, -0.25) is 19.3 Å². The Morgan fingerprint density at radius 1 is 1.07 bits per heavy atom. The molecule has 0 aliphatic carbocycles. The van der Waals surface area contributed by atoms with Gasteiger partial charge in [0.05, 0.1) is 7.11 Å². The van der Waals surface area contributed by atoms with Crippen LogP contribution in [0.4, 0.5) is 14.5 Å². The third kappa shape index (κ3) is 6.56. The van der Waals surface area contributed by atoms with Gasteiger partial charge in [-0.05, 0) is 19.1 Å². The lowest BCUT2D eigenvalue weighted by Gasteiger charge is -2.25. The number of carbonyl (C=O) groups excluding carboxylic acids is 3. The summed E-state index contributed by atoms with van der Waals surface area (Å²) in [5, 5.41) is 2.43. The van der Waals surface area contributed by atoms with Crippen molar-refractivity contribution in [2.75, 3.05) is 25.2 Å². The molecular weight excluding hydrogens is 386 g/mol. The lowest BCUT2D eigenvalue weighted by atomic mass is 10.2. The summed E-state index contributed by atoms with van der Waals surface area (Å²) in [6.07, 6.45) is 0. The van der Waals surface area contributed by atoms with Crippen LogP contribution < -0.4 is 15.0 Å². The molecule has 0 saturated heterocycles. The molecule has 9 heteroatoms. The summed E-state index contributed by atoms with van der Waals surface area (Å²) in [6, 6.07) is 9.95. The van der Waals surface area contributed by atoms with Crippen LogP contribution in [-0.2, 0) is 19.1 Å². The van der Waals surface area contributed by atoms with E-state index in [4.69, 9.17) is 4.74 Å². The molecule has 29 heavy (non-hydrogen) atoms. The summed E-state index contributed by atoms with van der Waals surface area (Å²) in [5.74, 6) is -3.70. The number of nitrogens with one attached hydrogen (secondary N) is 1. The minimum absolute atomic E-state index is 0.159. The Morgan fingerprint density at radius 2 is 1.69 bits per heavy atom. The molecule has 0 radical (unpaired) electrons. The molecular formula is C20H20F2N2O5. The molecule has 7 nitrogen and oxygen atoms in total. The standard InChI is InChI=1S/C20H20F2N2O5/c1-13(23-18(25)12-29-17-9-14(21)8-15(22)10-17)20(27)24(11-19(26)28-2)16-6-4-3-5-7-16/h3-10,13H,11-12H2,1-2H3,(H,23,25)/t13-/m0/s1. The maximum Gasteiger partial charge on any atom is 0.325 e. The SMILES string of the molecule is COC(=O)CN(C(=O)[C@H](C)NC(=O)COc1cc(F)cc(F)c1)c1ccccc1. The Bertz CT molecular complexity index is 856. The van der Waals surface area contributed by atoms with Crippen LogP contribution in [0.2, 0.25) is 0 Å². The number of ether oxygens (including phenoxy) is 2. The number of benzene rings is 2. The number of esters is 1. The van der Waals surface area contributed by atoms with E-state index in [1.165, 1.54) is 18.9 Å². The van der Waals surface area contributed by atoms with Gasteiger partial charge in [0.25, 0.3) is 5.91 Å². The van der Waals surface area contributed by atoms with E-state index in [0.717, 1.165) is 12.1 Å². The predicted molar refractivity (Wildman–Crippen MR) is 100 cm³/mol. The molecule has 1 N–H and O–H groups in total. The van der Waals surface area contributed by atoms with Crippen molar-refractivity contribution in [1.82, 2.24) is 5.32 Å². The number of anilines is 1. The Morgan fingerprint density at radius 3 is 2.28 bits per heavy atom. The molecule has 0 spiro atoms. The molecule has 0 unspecified atom stereocenters. The van der Waals surface area contributed by atoms with Crippen LogP contribution in [0.15, 0.2) is 48.5 Å². The third-order valence-electron chi connectivity index (χ3n) is 3.80. The number of methoxy groups -OCH3 is 1. The molecule has 0 heterocycles. The topological polar surface area (TPSA) is 84.9 Å². The first-order chi connectivity index (χ1) is 13.8. The molecule has 2 rings (SSSR count). The largest absolute Gasteiger partial charge is 0.484 e. The Kier molecular flexibility index (Phi) is 7.64. The van der Waals surface area contributed by atoms with Crippen molar-refractivity contribution < 1.29 is 32.6 Å². The van der Waals surface area contributed by atoms with Crippen LogP contribution in [-0.4, -0.2) is 44.1 Å². The van der Waals surface area contributed by atoms with E-state index in [-0.39, 0.29) is 12.3 Å². The van der Waals surface area contributed by atoms with Crippen molar-refractivity contribution in [3.63, 3.8) is 0 Å². The molecule has 0 saturated carbocycles. The molecule has 0 aliphatic rings. The first kappa shape index (κ1) is 21.8. The van der Waals surface area contributed by atoms with E-state index >= 15 is 0 Å². The lowest BCUT2D eigenvalue weighted by molar-refractivity contribution is -0.140. The summed E-state index contributed by atoms with van der Waals surface area (Å²) in [4.78, 5) is 37.7. The van der Waals surface area contributed by atoms with Crippen LogP contribution in [0.3, 0.4) is 0 Å². The summed E-state index contributed by atoms with van der Waals surface area (Å²) < 4.78 is 36.0. The number of hydrogen-bond acceptors (Lipinski definition) is 5. The molecule has 2 aromatic carbocycles. The van der Waals surface area contributed by atoms with Gasteiger partial charge >= 0.3 is 5.97 Å². The van der Waals surface area contributed by atoms with Crippen LogP contribution in [0.1, 0.15) is 6.92 Å². The minimum Gasteiger partial charge on any atom is -0.484 e. The highest BCUT2D eigenvalue weighted by Gasteiger charge is 2.25. The van der Waals surface area contributed by atoms with E-state index in [2.05, 4.69) is 10.1 Å². The van der Waals surface area contributed by atoms with Gasteiger partial charge in [0.2, 0.25) is 5.91 Å². The molecule has 0 aliphatic heterocycles. The quantitative estimate of drug-likeness (QED) is 0.679. The van der Waals surface area contributed by atoms with Crippen molar-refractivity contribution in [1.29, 1.82) is 0 Å². The lowest BCUT2D eigenvalue weighted by Crippen LogP contribution is -2.49. The Labute approximate surface area is 166 Å². The van der Waals surface area contributed by atoms with E-state index < -0.39 is 42.1 Å². The van der Waals surface area contributed by atoms with Gasteiger partial charge in [0.1, 0.15) is 30.0 Å². The van der Waals surface area contributed by atoms with E-state index in [1.54, 1.807) is 30.3 Å². The highest BCUT2D eigenvalue weighted by molar-refractivity contribution is 6.02. The van der Waals surface area contributed by atoms with Gasteiger partial charge in [0, 0.05) is 23.9 Å². The second-order valence-corrected chi connectivity index (χ2v) is 6.02. The number of rotatable bonds is 8. The number of nitrogens with zero attached hydrogens (tertiary/aromatic N) is 1. The predicted octanol–water partition coefficient (Wildman–Crippen LogP) is 2.05. The Hall–Kier alpha value is -3.49. The van der Waals surface area contributed by atoms with Gasteiger partial charge < -0.3 is 14.8 Å². The van der Waals surface area contributed by atoms with Crippen LogP contribution in [0.5, 0.6) is 5.75 Å². The normalized spacial score (nSPS) is 11.3. The van der Waals surface area contributed by atoms with E-state index in [9.17, 15) is 23.2 Å². The molecule has 1 atom stereocenters. The number of amides is 2. The fraction of sp³-hybridized carbons (Fsp3) is 0.250. The number of para-hydroxylation sites is 1. The Balaban J connectivity index is 2.00. The van der Waals surface area contributed by atoms with Crippen molar-refractivity contribution in [2.24, 2.45) is 0 Å². The zero-order valence-electron chi connectivity index (χ0n) is 15.9. The first-order valence-electron chi connectivity index (χ1n) is 8.61. The van der Waals surface area contributed by atoms with E-state index in [1.807, 2.05) is 0 Å². The maximum atomic E-state index is 13.1. The molecule has 2 amide bonds. The number of hydrogen-bond donors (Lipinski definition) is 1. The van der Waals surface area contributed by atoms with Gasteiger partial charge in [-0.15, -0.1) is 0 Å². The number of halogens is 2. The highest BCUT2D eigenvalue weighted by Crippen LogP contribution is 2.16. The number of carbonyl (C=O) groups is 3. The van der Waals surface area contributed by atoms with Gasteiger partial charge in [-0.2, -0.15) is 0 Å². The molecule has 2 aromatic rings. The monoisotopic (exact) mass is 406 g/mol. The fourth-order valence-corrected chi connectivity index (χ4v) is 2.44. The summed E-state index contributed by atoms with van der Waals surface area (Å²) in [7, 11) is 1.20. The minimum atomic E-state index is -1.000. The van der Waals surface area contributed by atoms with Crippen molar-refractivity contribution in [3.05, 3.63) is 60.2 Å². The summed E-state index contributed by atoms with van der Waals surface area (Å²) in [6.45, 7) is 0.552. The molecule has 154 valence electrons. The zero-order valence-corrected chi connectivity index (χ0v) is 15.9. The average molecular weight is 406 g/mol. The van der Waals surface area contributed by atoms with Crippen LogP contribution in [0.25, 0.3) is 0 Å². The zero-order chi connectivity index (χ0) is 21.4. The highest BCUT2D eigenvalue weighted by atomic mass is 19.1. The van der Waals surface area contributed by atoms with Gasteiger partial charge in [0.15, 0.2) is 6.61 Å².